The molecular formula is C9H11NO3. The lowest BCUT2D eigenvalue weighted by atomic mass is 10.1. The predicted molar refractivity (Wildman–Crippen MR) is 48.2 cm³/mol. The van der Waals surface area contributed by atoms with Crippen molar-refractivity contribution >= 4 is 11.7 Å². The van der Waals surface area contributed by atoms with Crippen LogP contribution in [0, 0.1) is 0 Å². The molecule has 0 fully saturated rings. The molecule has 1 rings (SSSR count). The number of phenolic OH excluding ortho intramolecular Hbond substituents is 1. The SMILES string of the molecule is COC(=O)Cc1cccc(N)c1O. The van der Waals surface area contributed by atoms with Crippen molar-refractivity contribution in [1.82, 2.24) is 0 Å². The summed E-state index contributed by atoms with van der Waals surface area (Å²) >= 11 is 0. The number of phenols is 1. The van der Waals surface area contributed by atoms with Crippen molar-refractivity contribution < 1.29 is 14.6 Å². The van der Waals surface area contributed by atoms with Crippen molar-refractivity contribution in [2.24, 2.45) is 0 Å². The van der Waals surface area contributed by atoms with Gasteiger partial charge in [0.15, 0.2) is 0 Å². The zero-order valence-corrected chi connectivity index (χ0v) is 7.28. The number of nitrogens with two attached hydrogens (primary N) is 1. The molecule has 0 radical (unpaired) electrons. The van der Waals surface area contributed by atoms with Crippen LogP contribution in [0.4, 0.5) is 5.69 Å². The van der Waals surface area contributed by atoms with Gasteiger partial charge in [-0.05, 0) is 6.07 Å². The monoisotopic (exact) mass is 181 g/mol. The molecular weight excluding hydrogens is 170 g/mol. The first-order valence-corrected chi connectivity index (χ1v) is 3.78. The normalized spacial score (nSPS) is 9.62. The van der Waals surface area contributed by atoms with Crippen molar-refractivity contribution in [3.63, 3.8) is 0 Å². The highest BCUT2D eigenvalue weighted by molar-refractivity contribution is 5.74. The van der Waals surface area contributed by atoms with Crippen molar-refractivity contribution in [2.75, 3.05) is 12.8 Å². The van der Waals surface area contributed by atoms with Gasteiger partial charge in [-0.2, -0.15) is 0 Å². The molecule has 0 heterocycles. The molecule has 0 saturated heterocycles. The summed E-state index contributed by atoms with van der Waals surface area (Å²) in [7, 11) is 1.30. The molecule has 3 N–H and O–H groups in total. The number of rotatable bonds is 2. The molecule has 13 heavy (non-hydrogen) atoms. The van der Waals surface area contributed by atoms with Gasteiger partial charge in [0.2, 0.25) is 0 Å². The van der Waals surface area contributed by atoms with Crippen molar-refractivity contribution in [1.29, 1.82) is 0 Å². The topological polar surface area (TPSA) is 72.5 Å². The van der Waals surface area contributed by atoms with Gasteiger partial charge in [0.1, 0.15) is 5.75 Å². The Labute approximate surface area is 75.9 Å². The van der Waals surface area contributed by atoms with Crippen LogP contribution in [0.1, 0.15) is 5.56 Å². The summed E-state index contributed by atoms with van der Waals surface area (Å²) in [4.78, 5) is 10.9. The van der Waals surface area contributed by atoms with Gasteiger partial charge in [-0.1, -0.05) is 12.1 Å². The van der Waals surface area contributed by atoms with Crippen LogP contribution in [0.25, 0.3) is 0 Å². The molecule has 70 valence electrons. The smallest absolute Gasteiger partial charge is 0.310 e. The Morgan fingerprint density at radius 2 is 2.31 bits per heavy atom. The molecule has 1 aromatic carbocycles. The molecule has 0 amide bonds. The summed E-state index contributed by atoms with van der Waals surface area (Å²) in [6, 6.07) is 4.87. The van der Waals surface area contributed by atoms with Gasteiger partial charge in [0.05, 0.1) is 19.2 Å². The number of methoxy groups -OCH3 is 1. The fraction of sp³-hybridized carbons (Fsp3) is 0.222. The minimum absolute atomic E-state index is 0.0351. The first-order valence-electron chi connectivity index (χ1n) is 3.78. The molecule has 0 aromatic heterocycles. The minimum atomic E-state index is -0.402. The maximum Gasteiger partial charge on any atom is 0.310 e. The van der Waals surface area contributed by atoms with E-state index in [4.69, 9.17) is 5.73 Å². The van der Waals surface area contributed by atoms with E-state index < -0.39 is 5.97 Å². The molecule has 4 nitrogen and oxygen atoms in total. The average molecular weight is 181 g/mol. The molecule has 0 spiro atoms. The van der Waals surface area contributed by atoms with E-state index in [9.17, 15) is 9.90 Å². The summed E-state index contributed by atoms with van der Waals surface area (Å²) in [5, 5.41) is 9.41. The second-order valence-corrected chi connectivity index (χ2v) is 2.61. The van der Waals surface area contributed by atoms with Gasteiger partial charge in [-0.3, -0.25) is 4.79 Å². The number of ether oxygens (including phenoxy) is 1. The van der Waals surface area contributed by atoms with Gasteiger partial charge in [0, 0.05) is 5.56 Å². The molecule has 0 atom stereocenters. The number of nitrogen functional groups attached to an aromatic ring is 1. The largest absolute Gasteiger partial charge is 0.505 e. The number of benzene rings is 1. The highest BCUT2D eigenvalue weighted by Crippen LogP contribution is 2.24. The molecule has 0 aliphatic rings. The number of aromatic hydroxyl groups is 1. The van der Waals surface area contributed by atoms with Crippen LogP contribution in [0.15, 0.2) is 18.2 Å². The maximum absolute atomic E-state index is 10.9. The lowest BCUT2D eigenvalue weighted by molar-refractivity contribution is -0.139. The van der Waals surface area contributed by atoms with E-state index in [1.807, 2.05) is 0 Å². The van der Waals surface area contributed by atoms with Crippen LogP contribution >= 0.6 is 0 Å². The lowest BCUT2D eigenvalue weighted by Crippen LogP contribution is -2.05. The molecule has 0 unspecified atom stereocenters. The Balaban J connectivity index is 2.89. The number of esters is 1. The first-order chi connectivity index (χ1) is 6.15. The Kier molecular flexibility index (Phi) is 2.74. The van der Waals surface area contributed by atoms with Gasteiger partial charge in [-0.15, -0.1) is 0 Å². The second-order valence-electron chi connectivity index (χ2n) is 2.61. The highest BCUT2D eigenvalue weighted by Gasteiger charge is 2.08. The number of para-hydroxylation sites is 1. The zero-order valence-electron chi connectivity index (χ0n) is 7.28. The van der Waals surface area contributed by atoms with E-state index in [2.05, 4.69) is 4.74 Å². The van der Waals surface area contributed by atoms with Crippen molar-refractivity contribution in [2.45, 2.75) is 6.42 Å². The molecule has 0 saturated carbocycles. The van der Waals surface area contributed by atoms with Crippen LogP contribution in [0.3, 0.4) is 0 Å². The third-order valence-corrected chi connectivity index (χ3v) is 1.71. The molecule has 4 heteroatoms. The molecule has 0 aliphatic heterocycles. The summed E-state index contributed by atoms with van der Waals surface area (Å²) in [5.74, 6) is -0.450. The molecule has 0 aliphatic carbocycles. The zero-order chi connectivity index (χ0) is 9.84. The molecule has 1 aromatic rings. The van der Waals surface area contributed by atoms with Gasteiger partial charge in [-0.25, -0.2) is 0 Å². The van der Waals surface area contributed by atoms with Gasteiger partial charge >= 0.3 is 5.97 Å². The number of anilines is 1. The van der Waals surface area contributed by atoms with Crippen LogP contribution in [-0.2, 0) is 16.0 Å². The van der Waals surface area contributed by atoms with Crippen LogP contribution < -0.4 is 5.73 Å². The number of hydrogen-bond acceptors (Lipinski definition) is 4. The van der Waals surface area contributed by atoms with Crippen LogP contribution in [-0.4, -0.2) is 18.2 Å². The van der Waals surface area contributed by atoms with Crippen molar-refractivity contribution in [3.05, 3.63) is 23.8 Å². The predicted octanol–water partition coefficient (Wildman–Crippen LogP) is 0.690. The fourth-order valence-corrected chi connectivity index (χ4v) is 0.982. The van der Waals surface area contributed by atoms with Crippen LogP contribution in [0.5, 0.6) is 5.75 Å². The third-order valence-electron chi connectivity index (χ3n) is 1.71. The maximum atomic E-state index is 10.9. The Hall–Kier alpha value is -1.71. The highest BCUT2D eigenvalue weighted by atomic mass is 16.5. The van der Waals surface area contributed by atoms with E-state index in [0.29, 0.717) is 5.56 Å². The molecule has 0 bridgehead atoms. The minimum Gasteiger partial charge on any atom is -0.505 e. The summed E-state index contributed by atoms with van der Waals surface area (Å²) in [6.07, 6.45) is 0.0351. The van der Waals surface area contributed by atoms with E-state index in [0.717, 1.165) is 0 Å². The van der Waals surface area contributed by atoms with E-state index in [1.165, 1.54) is 7.11 Å². The Morgan fingerprint density at radius 1 is 1.62 bits per heavy atom. The van der Waals surface area contributed by atoms with E-state index in [1.54, 1.807) is 18.2 Å². The summed E-state index contributed by atoms with van der Waals surface area (Å²) in [6.45, 7) is 0. The summed E-state index contributed by atoms with van der Waals surface area (Å²) < 4.78 is 4.46. The average Bonchev–Trinajstić information content (AvgIpc) is 2.13. The first kappa shape index (κ1) is 9.38. The number of carbonyl (C=O) groups excluding carboxylic acids is 1. The quantitative estimate of drug-likeness (QED) is 0.400. The second kappa shape index (κ2) is 3.80. The van der Waals surface area contributed by atoms with Gasteiger partial charge < -0.3 is 15.6 Å². The van der Waals surface area contributed by atoms with Crippen LogP contribution in [0.2, 0.25) is 0 Å². The third kappa shape index (κ3) is 2.11. The van der Waals surface area contributed by atoms with Crippen molar-refractivity contribution in [3.8, 4) is 5.75 Å². The summed E-state index contributed by atoms with van der Waals surface area (Å²) in [5.41, 5.74) is 6.18. The van der Waals surface area contributed by atoms with E-state index >= 15 is 0 Å². The van der Waals surface area contributed by atoms with Gasteiger partial charge in [0.25, 0.3) is 0 Å². The lowest BCUT2D eigenvalue weighted by Gasteiger charge is -2.04. The number of carbonyl (C=O) groups is 1. The Bertz CT molecular complexity index is 323. The Morgan fingerprint density at radius 3 is 2.92 bits per heavy atom. The van der Waals surface area contributed by atoms with E-state index in [-0.39, 0.29) is 17.9 Å². The fourth-order valence-electron chi connectivity index (χ4n) is 0.982. The standard InChI is InChI=1S/C9H11NO3/c1-13-8(11)5-6-3-2-4-7(10)9(6)12/h2-4,12H,5,10H2,1H3. The number of hydrogen-bond donors (Lipinski definition) is 2.